The summed E-state index contributed by atoms with van der Waals surface area (Å²) in [7, 11) is 0. The first-order valence-electron chi connectivity index (χ1n) is 9.50. The summed E-state index contributed by atoms with van der Waals surface area (Å²) in [6.45, 7) is 2.14. The van der Waals surface area contributed by atoms with Crippen molar-refractivity contribution < 1.29 is 19.7 Å². The lowest BCUT2D eigenvalue weighted by Crippen LogP contribution is -2.25. The van der Waals surface area contributed by atoms with E-state index < -0.39 is 12.2 Å². The summed E-state index contributed by atoms with van der Waals surface area (Å²) in [5.74, 6) is -0.123. The van der Waals surface area contributed by atoms with Crippen molar-refractivity contribution in [3.05, 3.63) is 24.3 Å². The highest BCUT2D eigenvalue weighted by Crippen LogP contribution is 2.38. The van der Waals surface area contributed by atoms with Gasteiger partial charge in [-0.05, 0) is 25.7 Å². The normalized spacial score (nSPS) is 32.5. The summed E-state index contributed by atoms with van der Waals surface area (Å²) >= 11 is 0. The van der Waals surface area contributed by atoms with Crippen LogP contribution in [-0.4, -0.2) is 34.5 Å². The third-order valence-electron chi connectivity index (χ3n) is 5.16. The fourth-order valence-electron chi connectivity index (χ4n) is 3.74. The molecule has 0 aromatic heterocycles. The molecule has 5 atom stereocenters. The highest BCUT2D eigenvalue weighted by Gasteiger charge is 2.42. The van der Waals surface area contributed by atoms with Crippen LogP contribution in [0.25, 0.3) is 0 Å². The third-order valence-corrected chi connectivity index (χ3v) is 5.16. The molecule has 136 valence electrons. The van der Waals surface area contributed by atoms with Gasteiger partial charge < -0.3 is 14.9 Å². The molecule has 4 nitrogen and oxygen atoms in total. The van der Waals surface area contributed by atoms with E-state index >= 15 is 0 Å². The number of fused-ring (bicyclic) bond motifs is 1. The van der Waals surface area contributed by atoms with Gasteiger partial charge in [-0.3, -0.25) is 4.79 Å². The maximum Gasteiger partial charge on any atom is 0.306 e. The Labute approximate surface area is 145 Å². The first-order chi connectivity index (χ1) is 11.6. The maximum absolute atomic E-state index is 11.9. The first-order valence-corrected chi connectivity index (χ1v) is 9.50. The van der Waals surface area contributed by atoms with Gasteiger partial charge in [0, 0.05) is 24.7 Å². The van der Waals surface area contributed by atoms with Crippen LogP contribution in [0.5, 0.6) is 0 Å². The molecular weight excluding hydrogens is 304 g/mol. The number of allylic oxidation sites excluding steroid dienone is 2. The van der Waals surface area contributed by atoms with Gasteiger partial charge in [-0.15, -0.1) is 0 Å². The third kappa shape index (κ3) is 5.75. The summed E-state index contributed by atoms with van der Waals surface area (Å²) in [6.07, 6.45) is 14.3. The molecule has 0 radical (unpaired) electrons. The molecule has 1 fully saturated rings. The minimum atomic E-state index is -0.513. The number of rotatable bonds is 6. The van der Waals surface area contributed by atoms with Gasteiger partial charge in [0.15, 0.2) is 0 Å². The van der Waals surface area contributed by atoms with Gasteiger partial charge in [-0.25, -0.2) is 0 Å². The van der Waals surface area contributed by atoms with Crippen molar-refractivity contribution >= 4 is 5.97 Å². The molecule has 2 N–H and O–H groups in total. The van der Waals surface area contributed by atoms with Crippen molar-refractivity contribution in [2.75, 3.05) is 0 Å². The molecule has 0 spiro atoms. The van der Waals surface area contributed by atoms with E-state index in [1.807, 2.05) is 12.2 Å². The quantitative estimate of drug-likeness (QED) is 0.442. The Morgan fingerprint density at radius 1 is 1.38 bits per heavy atom. The second kappa shape index (κ2) is 10.00. The minimum Gasteiger partial charge on any atom is -0.462 e. The molecule has 0 saturated heterocycles. The number of hydrogen-bond donors (Lipinski definition) is 2. The number of aliphatic hydroxyl groups is 2. The SMILES string of the molecule is CCCCC[C@H](O)/C=C/[C@@H]1[C@H]2CC=CCCCC(=O)O[C@H]2C[C@H]1O. The lowest BCUT2D eigenvalue weighted by molar-refractivity contribution is -0.151. The summed E-state index contributed by atoms with van der Waals surface area (Å²) in [4.78, 5) is 11.9. The topological polar surface area (TPSA) is 66.8 Å². The van der Waals surface area contributed by atoms with Crippen LogP contribution in [0, 0.1) is 11.8 Å². The second-order valence-corrected chi connectivity index (χ2v) is 7.12. The zero-order valence-electron chi connectivity index (χ0n) is 14.8. The van der Waals surface area contributed by atoms with Gasteiger partial charge in [0.1, 0.15) is 6.10 Å². The van der Waals surface area contributed by atoms with Crippen molar-refractivity contribution in [2.24, 2.45) is 11.8 Å². The molecule has 0 amide bonds. The lowest BCUT2D eigenvalue weighted by atomic mass is 9.89. The van der Waals surface area contributed by atoms with Crippen LogP contribution < -0.4 is 0 Å². The van der Waals surface area contributed by atoms with Crippen molar-refractivity contribution in [1.29, 1.82) is 0 Å². The predicted octanol–water partition coefficient (Wildman–Crippen LogP) is 3.52. The Kier molecular flexibility index (Phi) is 8.00. The van der Waals surface area contributed by atoms with E-state index in [9.17, 15) is 15.0 Å². The van der Waals surface area contributed by atoms with Crippen molar-refractivity contribution in [3.8, 4) is 0 Å². The van der Waals surface area contributed by atoms with Crippen molar-refractivity contribution in [1.82, 2.24) is 0 Å². The van der Waals surface area contributed by atoms with Gasteiger partial charge >= 0.3 is 5.97 Å². The molecule has 2 aliphatic rings. The van der Waals surface area contributed by atoms with Gasteiger partial charge in [-0.2, -0.15) is 0 Å². The summed E-state index contributed by atoms with van der Waals surface area (Å²) in [5, 5.41) is 20.5. The van der Waals surface area contributed by atoms with Gasteiger partial charge in [-0.1, -0.05) is 50.5 Å². The molecule has 0 unspecified atom stereocenters. The van der Waals surface area contributed by atoms with Gasteiger partial charge in [0.05, 0.1) is 12.2 Å². The molecule has 1 saturated carbocycles. The standard InChI is InChI=1S/C20H32O4/c1-2-3-6-9-15(21)12-13-16-17-10-7-4-5-8-11-20(23)24-19(17)14-18(16)22/h4,7,12-13,15-19,21-22H,2-3,5-6,8-11,14H2,1H3/b7-4?,13-12+/t15-,16+,17+,18+,19-/m0/s1. The number of carbonyl (C=O) groups excluding carboxylic acids is 1. The van der Waals surface area contributed by atoms with Crippen LogP contribution in [-0.2, 0) is 9.53 Å². The monoisotopic (exact) mass is 336 g/mol. The van der Waals surface area contributed by atoms with Gasteiger partial charge in [0.2, 0.25) is 0 Å². The molecule has 0 aromatic carbocycles. The van der Waals surface area contributed by atoms with E-state index in [1.54, 1.807) is 0 Å². The van der Waals surface area contributed by atoms with Crippen LogP contribution in [0.3, 0.4) is 0 Å². The average molecular weight is 336 g/mol. The van der Waals surface area contributed by atoms with E-state index in [0.717, 1.165) is 44.9 Å². The molecule has 4 heteroatoms. The molecular formula is C20H32O4. The van der Waals surface area contributed by atoms with E-state index in [0.29, 0.717) is 12.8 Å². The van der Waals surface area contributed by atoms with E-state index in [-0.39, 0.29) is 23.9 Å². The van der Waals surface area contributed by atoms with E-state index in [2.05, 4.69) is 19.1 Å². The Hall–Kier alpha value is -1.13. The molecule has 1 aliphatic heterocycles. The molecule has 2 rings (SSSR count). The number of unbranched alkanes of at least 4 members (excludes halogenated alkanes) is 2. The molecule has 1 heterocycles. The average Bonchev–Trinajstić information content (AvgIpc) is 2.84. The van der Waals surface area contributed by atoms with Gasteiger partial charge in [0.25, 0.3) is 0 Å². The highest BCUT2D eigenvalue weighted by molar-refractivity contribution is 5.69. The molecule has 1 aliphatic carbocycles. The van der Waals surface area contributed by atoms with Crippen molar-refractivity contribution in [2.45, 2.75) is 83.0 Å². The summed E-state index contributed by atoms with van der Waals surface area (Å²) in [6, 6.07) is 0. The maximum atomic E-state index is 11.9. The van der Waals surface area contributed by atoms with Crippen LogP contribution >= 0.6 is 0 Å². The zero-order chi connectivity index (χ0) is 17.4. The largest absolute Gasteiger partial charge is 0.462 e. The summed E-state index contributed by atoms with van der Waals surface area (Å²) < 4.78 is 5.61. The smallest absolute Gasteiger partial charge is 0.306 e. The van der Waals surface area contributed by atoms with Crippen LogP contribution in [0.4, 0.5) is 0 Å². The Morgan fingerprint density at radius 3 is 3.00 bits per heavy atom. The molecule has 0 aromatic rings. The molecule has 0 bridgehead atoms. The second-order valence-electron chi connectivity index (χ2n) is 7.12. The number of esters is 1. The Morgan fingerprint density at radius 2 is 2.21 bits per heavy atom. The predicted molar refractivity (Wildman–Crippen MR) is 94.4 cm³/mol. The Balaban J connectivity index is 1.99. The lowest BCUT2D eigenvalue weighted by Gasteiger charge is -2.23. The molecule has 24 heavy (non-hydrogen) atoms. The first kappa shape index (κ1) is 19.2. The zero-order valence-corrected chi connectivity index (χ0v) is 14.8. The number of hydrogen-bond acceptors (Lipinski definition) is 4. The van der Waals surface area contributed by atoms with E-state index in [1.165, 1.54) is 0 Å². The van der Waals surface area contributed by atoms with E-state index in [4.69, 9.17) is 4.74 Å². The summed E-state index contributed by atoms with van der Waals surface area (Å²) in [5.41, 5.74) is 0. The van der Waals surface area contributed by atoms with Crippen LogP contribution in [0.1, 0.15) is 64.7 Å². The van der Waals surface area contributed by atoms with Crippen LogP contribution in [0.15, 0.2) is 24.3 Å². The number of carbonyl (C=O) groups is 1. The highest BCUT2D eigenvalue weighted by atomic mass is 16.5. The fourth-order valence-corrected chi connectivity index (χ4v) is 3.74. The van der Waals surface area contributed by atoms with Crippen LogP contribution in [0.2, 0.25) is 0 Å². The number of aliphatic hydroxyl groups excluding tert-OH is 2. The Bertz CT molecular complexity index is 443. The van der Waals surface area contributed by atoms with Crippen molar-refractivity contribution in [3.63, 3.8) is 0 Å². The number of ether oxygens (including phenoxy) is 1. The minimum absolute atomic E-state index is 0.0623. The fraction of sp³-hybridized carbons (Fsp3) is 0.750.